The maximum atomic E-state index is 16.2. The number of fused-ring (bicyclic) bond motifs is 3. The third-order valence-electron chi connectivity index (χ3n) is 11.3. The Kier molecular flexibility index (Phi) is 9.18. The Morgan fingerprint density at radius 3 is 2.64 bits per heavy atom. The number of aromatic nitrogens is 3. The molecule has 4 atom stereocenters. The number of aromatic carboxylic acids is 1. The quantitative estimate of drug-likeness (QED) is 0.254. The number of nitrogens with zero attached hydrogens (tertiary/aromatic N) is 7. The molecule has 292 valence electrons. The molecule has 4 aromatic rings. The number of carboxylic acids is 1. The minimum atomic E-state index is -1.38. The van der Waals surface area contributed by atoms with Gasteiger partial charge in [-0.05, 0) is 61.9 Å². The van der Waals surface area contributed by atoms with Crippen molar-refractivity contribution in [2.45, 2.75) is 49.4 Å². The number of anilines is 2. The number of aliphatic imine (C=N–C) groups is 1. The number of rotatable bonds is 9. The number of thioether (sulfide) groups is 1. The van der Waals surface area contributed by atoms with Crippen molar-refractivity contribution < 1.29 is 38.1 Å². The lowest BCUT2D eigenvalue weighted by Gasteiger charge is -2.39. The maximum absolute atomic E-state index is 16.2. The predicted molar refractivity (Wildman–Crippen MR) is 202 cm³/mol. The minimum absolute atomic E-state index is 0.0295. The lowest BCUT2D eigenvalue weighted by molar-refractivity contribution is -0.112. The van der Waals surface area contributed by atoms with Gasteiger partial charge in [-0.25, -0.2) is 23.4 Å². The summed E-state index contributed by atoms with van der Waals surface area (Å²) in [6, 6.07) is 6.47. The summed E-state index contributed by atoms with van der Waals surface area (Å²) in [5.41, 5.74) is -1.09. The highest BCUT2D eigenvalue weighted by atomic mass is 32.2. The van der Waals surface area contributed by atoms with Gasteiger partial charge in [-0.3, -0.25) is 24.0 Å². The van der Waals surface area contributed by atoms with E-state index < -0.39 is 51.9 Å². The third kappa shape index (κ3) is 6.14. The number of aliphatic hydroxyl groups excluding tert-OH is 1. The van der Waals surface area contributed by atoms with E-state index in [9.17, 15) is 33.8 Å². The third-order valence-corrected chi connectivity index (χ3v) is 12.4. The summed E-state index contributed by atoms with van der Waals surface area (Å²) < 4.78 is 45.5. The molecule has 2 aromatic carbocycles. The Morgan fingerprint density at radius 2 is 1.93 bits per heavy atom. The zero-order valence-corrected chi connectivity index (χ0v) is 31.0. The second-order valence-electron chi connectivity index (χ2n) is 14.6. The van der Waals surface area contributed by atoms with Gasteiger partial charge in [-0.15, -0.1) is 11.8 Å². The van der Waals surface area contributed by atoms with Gasteiger partial charge in [0.05, 0.1) is 37.0 Å². The number of aliphatic hydroxyl groups is 1. The number of pyridine rings is 1. The number of ether oxygens (including phenoxy) is 2. The number of carbonyl (C=O) groups excluding carboxylic acids is 1. The number of likely N-dealkylation sites (tertiary alicyclic amines) is 1. The first-order valence-corrected chi connectivity index (χ1v) is 19.4. The molecule has 56 heavy (non-hydrogen) atoms. The zero-order valence-electron chi connectivity index (χ0n) is 30.1. The number of amides is 1. The fraction of sp³-hybridized carbons (Fsp3) is 0.421. The average molecular weight is 790 g/mol. The molecule has 18 heteroatoms. The lowest BCUT2D eigenvalue weighted by atomic mass is 9.92. The molecular formula is C38H37F2N7O8S. The SMILES string of the molecule is COc1c(N2C[C@@H]3CCCN(CN4C(=O)C(=Nc5ccn([C@@H]6CS[C@H](CO)O6)c(=O)n5)c5cc(F)ccc54)[C@@H]3C2)c(F)cc2c(=O)c(C(=O)O)cn(C3CC3)c12. The summed E-state index contributed by atoms with van der Waals surface area (Å²) in [7, 11) is 1.41. The number of halogens is 2. The molecule has 0 spiro atoms. The van der Waals surface area contributed by atoms with Crippen molar-refractivity contribution in [1.82, 2.24) is 19.0 Å². The van der Waals surface area contributed by atoms with Crippen LogP contribution in [0.3, 0.4) is 0 Å². The van der Waals surface area contributed by atoms with E-state index >= 15 is 4.39 Å². The average Bonchev–Trinajstić information content (AvgIpc) is 3.65. The zero-order chi connectivity index (χ0) is 39.0. The second kappa shape index (κ2) is 14.1. The van der Waals surface area contributed by atoms with Gasteiger partial charge in [0.25, 0.3) is 5.91 Å². The van der Waals surface area contributed by atoms with Crippen molar-refractivity contribution in [3.63, 3.8) is 0 Å². The van der Waals surface area contributed by atoms with Gasteiger partial charge in [0.2, 0.25) is 5.43 Å². The molecule has 15 nitrogen and oxygen atoms in total. The molecule has 0 unspecified atom stereocenters. The Bertz CT molecular complexity index is 2460. The van der Waals surface area contributed by atoms with Gasteiger partial charge in [0, 0.05) is 55.4 Å². The minimum Gasteiger partial charge on any atom is -0.492 e. The van der Waals surface area contributed by atoms with Crippen LogP contribution in [0.2, 0.25) is 0 Å². The predicted octanol–water partition coefficient (Wildman–Crippen LogP) is 3.48. The van der Waals surface area contributed by atoms with Crippen molar-refractivity contribution in [2.24, 2.45) is 10.9 Å². The van der Waals surface area contributed by atoms with E-state index in [1.807, 2.05) is 4.90 Å². The lowest BCUT2D eigenvalue weighted by Crippen LogP contribution is -2.51. The topological polar surface area (TPSA) is 172 Å². The van der Waals surface area contributed by atoms with Crippen LogP contribution in [0, 0.1) is 17.6 Å². The van der Waals surface area contributed by atoms with Gasteiger partial charge in [-0.1, -0.05) is 0 Å². The van der Waals surface area contributed by atoms with Gasteiger partial charge < -0.3 is 29.2 Å². The summed E-state index contributed by atoms with van der Waals surface area (Å²) in [5, 5.41) is 19.1. The molecule has 0 bridgehead atoms. The number of hydrogen-bond acceptors (Lipinski definition) is 12. The first kappa shape index (κ1) is 36.5. The first-order chi connectivity index (χ1) is 27.0. The Balaban J connectivity index is 1.01. The molecule has 2 N–H and O–H groups in total. The van der Waals surface area contributed by atoms with Crippen LogP contribution in [0.15, 0.2) is 57.3 Å². The van der Waals surface area contributed by atoms with Crippen molar-refractivity contribution in [3.8, 4) is 5.75 Å². The molecule has 5 aliphatic rings. The van der Waals surface area contributed by atoms with Crippen LogP contribution < -0.4 is 25.7 Å². The molecular weight excluding hydrogens is 753 g/mol. The number of carboxylic acid groups (broad SMARTS) is 1. The molecule has 6 heterocycles. The smallest absolute Gasteiger partial charge is 0.351 e. The second-order valence-corrected chi connectivity index (χ2v) is 15.8. The number of piperidine rings is 1. The highest BCUT2D eigenvalue weighted by Gasteiger charge is 2.44. The summed E-state index contributed by atoms with van der Waals surface area (Å²) in [6.45, 7) is 1.44. The summed E-state index contributed by atoms with van der Waals surface area (Å²) >= 11 is 1.38. The van der Waals surface area contributed by atoms with Crippen molar-refractivity contribution in [3.05, 3.63) is 86.2 Å². The van der Waals surface area contributed by atoms with Crippen LogP contribution in [0.5, 0.6) is 5.75 Å². The van der Waals surface area contributed by atoms with Gasteiger partial charge in [0.1, 0.15) is 34.4 Å². The van der Waals surface area contributed by atoms with E-state index in [0.717, 1.165) is 31.7 Å². The molecule has 1 aliphatic carbocycles. The molecule has 1 saturated carbocycles. The largest absolute Gasteiger partial charge is 0.492 e. The molecule has 4 aliphatic heterocycles. The van der Waals surface area contributed by atoms with Gasteiger partial charge in [0.15, 0.2) is 17.4 Å². The Labute approximate surface area is 321 Å². The van der Waals surface area contributed by atoms with E-state index in [0.29, 0.717) is 36.6 Å². The normalized spacial score (nSPS) is 24.4. The Morgan fingerprint density at radius 1 is 1.11 bits per heavy atom. The van der Waals surface area contributed by atoms with Gasteiger partial charge in [-0.2, -0.15) is 4.98 Å². The molecule has 2 aromatic heterocycles. The number of benzene rings is 2. The number of hydrogen-bond donors (Lipinski definition) is 2. The summed E-state index contributed by atoms with van der Waals surface area (Å²) in [6.07, 6.45) is 5.42. The van der Waals surface area contributed by atoms with E-state index in [1.54, 1.807) is 4.57 Å². The standard InChI is InChI=1S/C38H37F2N7O8S/c1-54-35-32-23(34(49)24(37(51)52)14-46(32)21-5-6-21)12-25(40)33(35)44-13-19-3-2-9-43(27(19)15-44)18-47-26-7-4-20(39)11-22(26)31(36(47)50)41-28-8-10-45(38(53)42-28)29-17-56-30(16-48)55-29/h4,7-8,10-12,14,19,21,27,29-30,48H,2-3,5-6,9,13,15-18H2,1H3,(H,51,52)/t19-,27+,29-,30+/m0/s1. The van der Waals surface area contributed by atoms with Crippen LogP contribution in [0.25, 0.3) is 10.9 Å². The maximum Gasteiger partial charge on any atom is 0.351 e. The fourth-order valence-corrected chi connectivity index (χ4v) is 9.49. The molecule has 9 rings (SSSR count). The van der Waals surface area contributed by atoms with Gasteiger partial charge >= 0.3 is 11.7 Å². The van der Waals surface area contributed by atoms with Crippen molar-refractivity contribution in [1.29, 1.82) is 0 Å². The highest BCUT2D eigenvalue weighted by molar-refractivity contribution is 8.00. The molecule has 3 saturated heterocycles. The van der Waals surface area contributed by atoms with Crippen molar-refractivity contribution in [2.75, 3.05) is 55.6 Å². The first-order valence-electron chi connectivity index (χ1n) is 18.4. The number of carbonyl (C=O) groups is 2. The van der Waals surface area contributed by atoms with E-state index in [2.05, 4.69) is 14.9 Å². The monoisotopic (exact) mass is 789 g/mol. The van der Waals surface area contributed by atoms with Crippen LogP contribution in [-0.4, -0.2) is 104 Å². The summed E-state index contributed by atoms with van der Waals surface area (Å²) in [4.78, 5) is 66.4. The van der Waals surface area contributed by atoms with E-state index in [-0.39, 0.29) is 65.2 Å². The molecule has 0 radical (unpaired) electrons. The van der Waals surface area contributed by atoms with Crippen LogP contribution in [0.1, 0.15) is 53.9 Å². The Hall–Kier alpha value is -5.17. The highest BCUT2D eigenvalue weighted by Crippen LogP contribution is 2.46. The summed E-state index contributed by atoms with van der Waals surface area (Å²) in [5.74, 6) is -2.46. The van der Waals surface area contributed by atoms with Crippen molar-refractivity contribution >= 4 is 57.4 Å². The van der Waals surface area contributed by atoms with Crippen LogP contribution in [-0.2, 0) is 9.53 Å². The van der Waals surface area contributed by atoms with Crippen LogP contribution in [0.4, 0.5) is 26.0 Å². The van der Waals surface area contributed by atoms with E-state index in [4.69, 9.17) is 9.47 Å². The fourth-order valence-electron chi connectivity index (χ4n) is 8.56. The van der Waals surface area contributed by atoms with Crippen LogP contribution >= 0.6 is 11.8 Å². The molecule has 1 amide bonds. The van der Waals surface area contributed by atoms with E-state index in [1.165, 1.54) is 65.0 Å². The molecule has 4 fully saturated rings. The number of methoxy groups -OCH3 is 1.